The lowest BCUT2D eigenvalue weighted by Gasteiger charge is -2.18. The van der Waals surface area contributed by atoms with Crippen molar-refractivity contribution in [3.8, 4) is 0 Å². The summed E-state index contributed by atoms with van der Waals surface area (Å²) in [6.07, 6.45) is 52.6. The molecule has 0 amide bonds. The molecule has 332 valence electrons. The maximum absolute atomic E-state index is 12.7. The summed E-state index contributed by atoms with van der Waals surface area (Å²) in [7, 11) is 0. The zero-order valence-corrected chi connectivity index (χ0v) is 37.9. The normalized spacial score (nSPS) is 12.3. The molecule has 0 aliphatic rings. The van der Waals surface area contributed by atoms with Gasteiger partial charge in [0.05, 0.1) is 0 Å². The van der Waals surface area contributed by atoms with Crippen LogP contribution in [0.4, 0.5) is 0 Å². The summed E-state index contributed by atoms with van der Waals surface area (Å²) < 4.78 is 16.7. The molecule has 57 heavy (non-hydrogen) atoms. The molecule has 6 heteroatoms. The third-order valence-electron chi connectivity index (χ3n) is 10.7. The molecule has 0 radical (unpaired) electrons. The largest absolute Gasteiger partial charge is 0.462 e. The summed E-state index contributed by atoms with van der Waals surface area (Å²) in [4.78, 5) is 37.8. The molecule has 0 aliphatic heterocycles. The second kappa shape index (κ2) is 46.3. The highest BCUT2D eigenvalue weighted by atomic mass is 16.6. The Labute approximate surface area is 353 Å². The van der Waals surface area contributed by atoms with Crippen LogP contribution in [0.25, 0.3) is 0 Å². The van der Waals surface area contributed by atoms with Crippen molar-refractivity contribution in [3.05, 3.63) is 36.5 Å². The minimum absolute atomic E-state index is 0.0755. The van der Waals surface area contributed by atoms with Crippen molar-refractivity contribution in [3.63, 3.8) is 0 Å². The van der Waals surface area contributed by atoms with E-state index in [0.29, 0.717) is 19.3 Å². The smallest absolute Gasteiger partial charge is 0.306 e. The number of allylic oxidation sites excluding steroid dienone is 6. The lowest BCUT2D eigenvalue weighted by molar-refractivity contribution is -0.167. The first-order valence-corrected chi connectivity index (χ1v) is 24.5. The lowest BCUT2D eigenvalue weighted by atomic mass is 10.0. The Morgan fingerprint density at radius 3 is 1.07 bits per heavy atom. The molecule has 0 aliphatic carbocycles. The Morgan fingerprint density at radius 1 is 0.368 bits per heavy atom. The van der Waals surface area contributed by atoms with Crippen LogP contribution in [0.15, 0.2) is 36.5 Å². The number of carbonyl (C=O) groups excluding carboxylic acids is 3. The van der Waals surface area contributed by atoms with Gasteiger partial charge in [-0.3, -0.25) is 14.4 Å². The number of hydrogen-bond acceptors (Lipinski definition) is 6. The van der Waals surface area contributed by atoms with E-state index in [-0.39, 0.29) is 31.1 Å². The van der Waals surface area contributed by atoms with Crippen LogP contribution in [-0.4, -0.2) is 37.2 Å². The third-order valence-corrected chi connectivity index (χ3v) is 10.7. The van der Waals surface area contributed by atoms with Crippen molar-refractivity contribution in [1.29, 1.82) is 0 Å². The topological polar surface area (TPSA) is 78.9 Å². The number of hydrogen-bond donors (Lipinski definition) is 0. The molecule has 0 rings (SSSR count). The standard InChI is InChI=1S/C51H92O6/c1-4-7-10-13-16-19-22-25-27-29-32-35-38-41-44-50(53)56-47-48(46-55-49(52)43-40-37-34-31-28-24-21-18-15-12-9-6-3)57-51(54)45-42-39-36-33-30-26-23-20-17-14-11-8-5-2/h7,10,16,19,25,27,48H,4-6,8-9,11-15,17-18,20-24,26,28-47H2,1-3H3/b10-7-,19-16-,27-25-. The third kappa shape index (κ3) is 44.6. The van der Waals surface area contributed by atoms with E-state index in [0.717, 1.165) is 89.9 Å². The minimum atomic E-state index is -0.774. The number of ether oxygens (including phenoxy) is 3. The summed E-state index contributed by atoms with van der Waals surface area (Å²) in [5.74, 6) is -0.891. The monoisotopic (exact) mass is 801 g/mol. The van der Waals surface area contributed by atoms with E-state index in [9.17, 15) is 14.4 Å². The predicted octanol–water partition coefficient (Wildman–Crippen LogP) is 15.8. The van der Waals surface area contributed by atoms with Gasteiger partial charge in [-0.1, -0.05) is 218 Å². The molecule has 0 aromatic rings. The first kappa shape index (κ1) is 54.6. The van der Waals surface area contributed by atoms with Gasteiger partial charge in [0.1, 0.15) is 13.2 Å². The van der Waals surface area contributed by atoms with E-state index in [4.69, 9.17) is 14.2 Å². The zero-order chi connectivity index (χ0) is 41.5. The average molecular weight is 801 g/mol. The SMILES string of the molecule is CC/C=C\C/C=C\C/C=C\CCCCCCC(=O)OCC(COC(=O)CCCCCCCCCCCCCC)OC(=O)CCCCCCCCCCCCCCC. The van der Waals surface area contributed by atoms with Crippen LogP contribution in [0.1, 0.15) is 252 Å². The van der Waals surface area contributed by atoms with Crippen molar-refractivity contribution in [2.45, 2.75) is 258 Å². The van der Waals surface area contributed by atoms with Crippen LogP contribution < -0.4 is 0 Å². The number of unbranched alkanes of at least 4 members (excludes halogenated alkanes) is 27. The fraction of sp³-hybridized carbons (Fsp3) is 0.824. The highest BCUT2D eigenvalue weighted by Crippen LogP contribution is 2.15. The maximum Gasteiger partial charge on any atom is 0.306 e. The van der Waals surface area contributed by atoms with Gasteiger partial charge in [0.15, 0.2) is 6.10 Å². The molecule has 0 saturated carbocycles. The lowest BCUT2D eigenvalue weighted by Crippen LogP contribution is -2.30. The van der Waals surface area contributed by atoms with Gasteiger partial charge in [0.2, 0.25) is 0 Å². The molecule has 0 aromatic carbocycles. The first-order chi connectivity index (χ1) is 28.0. The van der Waals surface area contributed by atoms with Crippen LogP contribution in [0.5, 0.6) is 0 Å². The summed E-state index contributed by atoms with van der Waals surface area (Å²) >= 11 is 0. The number of esters is 3. The second-order valence-corrected chi connectivity index (χ2v) is 16.4. The summed E-state index contributed by atoms with van der Waals surface area (Å²) in [5, 5.41) is 0. The van der Waals surface area contributed by atoms with E-state index in [1.54, 1.807) is 0 Å². The van der Waals surface area contributed by atoms with Gasteiger partial charge in [-0.25, -0.2) is 0 Å². The summed E-state index contributed by atoms with van der Waals surface area (Å²) in [5.41, 5.74) is 0. The van der Waals surface area contributed by atoms with Gasteiger partial charge in [-0.15, -0.1) is 0 Å². The van der Waals surface area contributed by atoms with Crippen molar-refractivity contribution < 1.29 is 28.6 Å². The molecule has 0 saturated heterocycles. The van der Waals surface area contributed by atoms with Crippen molar-refractivity contribution in [1.82, 2.24) is 0 Å². The molecule has 0 bridgehead atoms. The van der Waals surface area contributed by atoms with Gasteiger partial charge >= 0.3 is 17.9 Å². The zero-order valence-electron chi connectivity index (χ0n) is 37.9. The predicted molar refractivity (Wildman–Crippen MR) is 242 cm³/mol. The Bertz CT molecular complexity index is 969. The molecule has 1 atom stereocenters. The Hall–Kier alpha value is -2.37. The average Bonchev–Trinajstić information content (AvgIpc) is 3.21. The molecule has 0 fully saturated rings. The highest BCUT2D eigenvalue weighted by Gasteiger charge is 2.19. The Balaban J connectivity index is 4.38. The van der Waals surface area contributed by atoms with Crippen LogP contribution in [0.2, 0.25) is 0 Å². The molecular formula is C51H92O6. The van der Waals surface area contributed by atoms with Gasteiger partial charge in [0, 0.05) is 19.3 Å². The second-order valence-electron chi connectivity index (χ2n) is 16.4. The minimum Gasteiger partial charge on any atom is -0.462 e. The van der Waals surface area contributed by atoms with Gasteiger partial charge < -0.3 is 14.2 Å². The number of carbonyl (C=O) groups is 3. The van der Waals surface area contributed by atoms with E-state index < -0.39 is 6.10 Å². The molecule has 0 spiro atoms. The summed E-state index contributed by atoms with van der Waals surface area (Å²) in [6, 6.07) is 0. The van der Waals surface area contributed by atoms with E-state index in [1.807, 2.05) is 0 Å². The molecule has 1 unspecified atom stereocenters. The highest BCUT2D eigenvalue weighted by molar-refractivity contribution is 5.71. The first-order valence-electron chi connectivity index (χ1n) is 24.5. The van der Waals surface area contributed by atoms with Crippen molar-refractivity contribution in [2.24, 2.45) is 0 Å². The van der Waals surface area contributed by atoms with Gasteiger partial charge in [-0.05, 0) is 51.4 Å². The van der Waals surface area contributed by atoms with Crippen LogP contribution in [0, 0.1) is 0 Å². The van der Waals surface area contributed by atoms with E-state index >= 15 is 0 Å². The Morgan fingerprint density at radius 2 is 0.684 bits per heavy atom. The quantitative estimate of drug-likeness (QED) is 0.0264. The fourth-order valence-corrected chi connectivity index (χ4v) is 6.99. The summed E-state index contributed by atoms with van der Waals surface area (Å²) in [6.45, 7) is 6.51. The van der Waals surface area contributed by atoms with E-state index in [2.05, 4.69) is 57.2 Å². The number of rotatable bonds is 44. The van der Waals surface area contributed by atoms with E-state index in [1.165, 1.54) is 122 Å². The van der Waals surface area contributed by atoms with Crippen molar-refractivity contribution >= 4 is 17.9 Å². The van der Waals surface area contributed by atoms with Gasteiger partial charge in [-0.2, -0.15) is 0 Å². The van der Waals surface area contributed by atoms with Crippen LogP contribution in [0.3, 0.4) is 0 Å². The molecule has 0 aromatic heterocycles. The van der Waals surface area contributed by atoms with Crippen LogP contribution in [-0.2, 0) is 28.6 Å². The van der Waals surface area contributed by atoms with Crippen molar-refractivity contribution in [2.75, 3.05) is 13.2 Å². The Kier molecular flexibility index (Phi) is 44.4. The molecular weight excluding hydrogens is 709 g/mol. The fourth-order valence-electron chi connectivity index (χ4n) is 6.99. The molecule has 0 heterocycles. The maximum atomic E-state index is 12.7. The molecule has 0 N–H and O–H groups in total. The van der Waals surface area contributed by atoms with Crippen LogP contribution >= 0.6 is 0 Å². The van der Waals surface area contributed by atoms with Gasteiger partial charge in [0.25, 0.3) is 0 Å². The molecule has 6 nitrogen and oxygen atoms in total.